The van der Waals surface area contributed by atoms with E-state index in [0.29, 0.717) is 26.1 Å². The Hall–Kier alpha value is -2.25. The maximum absolute atomic E-state index is 13.2. The van der Waals surface area contributed by atoms with Crippen molar-refractivity contribution in [2.24, 2.45) is 0 Å². The van der Waals surface area contributed by atoms with Crippen LogP contribution in [0, 0.1) is 0 Å². The molecule has 2 aromatic heterocycles. The standard InChI is InChI=1S/C25H33N3O3S/c29-24(12-4-10-23-11-6-14-32-23)27-16-22(31-19-20-7-5-13-26-15-20)17-28(25(30)18-27)21-8-2-1-3-9-21/h5-7,11,13-15,21-22H,1-4,8-10,12,16-19H2/t22-/m0/s1. The van der Waals surface area contributed by atoms with E-state index in [1.807, 2.05) is 23.1 Å². The lowest BCUT2D eigenvalue weighted by atomic mass is 9.94. The average molecular weight is 456 g/mol. The molecule has 0 aromatic carbocycles. The molecular weight excluding hydrogens is 422 g/mol. The highest BCUT2D eigenvalue weighted by molar-refractivity contribution is 7.09. The lowest BCUT2D eigenvalue weighted by Crippen LogP contribution is -2.46. The van der Waals surface area contributed by atoms with Gasteiger partial charge in [0.15, 0.2) is 0 Å². The Morgan fingerprint density at radius 2 is 2.03 bits per heavy atom. The van der Waals surface area contributed by atoms with Crippen LogP contribution in [0.5, 0.6) is 0 Å². The van der Waals surface area contributed by atoms with Gasteiger partial charge in [-0.3, -0.25) is 14.6 Å². The molecule has 1 saturated heterocycles. The predicted octanol–water partition coefficient (Wildman–Crippen LogP) is 4.05. The quantitative estimate of drug-likeness (QED) is 0.602. The molecule has 3 heterocycles. The fourth-order valence-corrected chi connectivity index (χ4v) is 5.46. The van der Waals surface area contributed by atoms with Gasteiger partial charge in [-0.25, -0.2) is 0 Å². The summed E-state index contributed by atoms with van der Waals surface area (Å²) in [5.74, 6) is 0.117. The van der Waals surface area contributed by atoms with Crippen LogP contribution >= 0.6 is 11.3 Å². The molecule has 6 nitrogen and oxygen atoms in total. The topological polar surface area (TPSA) is 62.7 Å². The molecule has 4 rings (SSSR count). The second-order valence-electron chi connectivity index (χ2n) is 8.84. The Kier molecular flexibility index (Phi) is 8.29. The summed E-state index contributed by atoms with van der Waals surface area (Å²) in [6, 6.07) is 8.30. The molecule has 32 heavy (non-hydrogen) atoms. The lowest BCUT2D eigenvalue weighted by molar-refractivity contribution is -0.140. The highest BCUT2D eigenvalue weighted by atomic mass is 32.1. The van der Waals surface area contributed by atoms with Gasteiger partial charge >= 0.3 is 0 Å². The van der Waals surface area contributed by atoms with Crippen LogP contribution in [0.4, 0.5) is 0 Å². The monoisotopic (exact) mass is 455 g/mol. The maximum Gasteiger partial charge on any atom is 0.242 e. The maximum atomic E-state index is 13.2. The number of thiophene rings is 1. The summed E-state index contributed by atoms with van der Waals surface area (Å²) in [6.45, 7) is 1.63. The summed E-state index contributed by atoms with van der Waals surface area (Å²) in [5.41, 5.74) is 1.00. The molecule has 0 bridgehead atoms. The van der Waals surface area contributed by atoms with E-state index in [1.165, 1.54) is 24.1 Å². The van der Waals surface area contributed by atoms with E-state index in [1.54, 1.807) is 28.6 Å². The van der Waals surface area contributed by atoms with E-state index in [4.69, 9.17) is 4.74 Å². The second-order valence-corrected chi connectivity index (χ2v) is 9.87. The molecule has 1 aliphatic heterocycles. The zero-order valence-corrected chi connectivity index (χ0v) is 19.5. The normalized spacial score (nSPS) is 20.4. The van der Waals surface area contributed by atoms with Crippen molar-refractivity contribution in [3.63, 3.8) is 0 Å². The first-order valence-corrected chi connectivity index (χ1v) is 12.7. The van der Waals surface area contributed by atoms with E-state index >= 15 is 0 Å². The molecule has 1 atom stereocenters. The average Bonchev–Trinajstić information content (AvgIpc) is 3.28. The van der Waals surface area contributed by atoms with Gasteiger partial charge in [-0.1, -0.05) is 31.4 Å². The molecule has 1 saturated carbocycles. The Morgan fingerprint density at radius 1 is 1.16 bits per heavy atom. The molecule has 2 aromatic rings. The minimum Gasteiger partial charge on any atom is -0.370 e. The number of aryl methyl sites for hydroxylation is 1. The van der Waals surface area contributed by atoms with Gasteiger partial charge in [0.25, 0.3) is 0 Å². The number of rotatable bonds is 8. The Labute approximate surface area is 194 Å². The van der Waals surface area contributed by atoms with Gasteiger partial charge < -0.3 is 14.5 Å². The van der Waals surface area contributed by atoms with Crippen molar-refractivity contribution in [1.29, 1.82) is 0 Å². The number of carbonyl (C=O) groups is 2. The molecule has 2 fully saturated rings. The molecule has 7 heteroatoms. The van der Waals surface area contributed by atoms with Crippen LogP contribution in [0.1, 0.15) is 55.4 Å². The summed E-state index contributed by atoms with van der Waals surface area (Å²) in [4.78, 5) is 35.4. The number of carbonyl (C=O) groups excluding carboxylic acids is 2. The van der Waals surface area contributed by atoms with Gasteiger partial charge in [-0.05, 0) is 48.8 Å². The first-order chi connectivity index (χ1) is 15.7. The first-order valence-electron chi connectivity index (χ1n) is 11.8. The van der Waals surface area contributed by atoms with Crippen LogP contribution in [0.25, 0.3) is 0 Å². The van der Waals surface area contributed by atoms with Gasteiger partial charge in [-0.2, -0.15) is 0 Å². The van der Waals surface area contributed by atoms with Gasteiger partial charge in [-0.15, -0.1) is 11.3 Å². The molecule has 172 valence electrons. The van der Waals surface area contributed by atoms with Crippen molar-refractivity contribution >= 4 is 23.2 Å². The zero-order valence-electron chi connectivity index (χ0n) is 18.7. The molecule has 2 amide bonds. The largest absolute Gasteiger partial charge is 0.370 e. The molecule has 0 spiro atoms. The number of ether oxygens (including phenoxy) is 1. The van der Waals surface area contributed by atoms with Crippen molar-refractivity contribution in [3.05, 3.63) is 52.5 Å². The number of amides is 2. The van der Waals surface area contributed by atoms with Gasteiger partial charge in [0.1, 0.15) is 0 Å². The van der Waals surface area contributed by atoms with Crippen LogP contribution in [-0.2, 0) is 27.4 Å². The highest BCUT2D eigenvalue weighted by Gasteiger charge is 2.34. The van der Waals surface area contributed by atoms with Crippen molar-refractivity contribution in [1.82, 2.24) is 14.8 Å². The van der Waals surface area contributed by atoms with Gasteiger partial charge in [0.2, 0.25) is 11.8 Å². The fraction of sp³-hybridized carbons (Fsp3) is 0.560. The SMILES string of the molecule is O=C(CCCc1cccs1)N1CC(=O)N(C2CCCCC2)C[C@@H](OCc2cccnc2)C1. The third-order valence-corrected chi connectivity index (χ3v) is 7.38. The molecule has 0 N–H and O–H groups in total. The molecule has 0 unspecified atom stereocenters. The summed E-state index contributed by atoms with van der Waals surface area (Å²) >= 11 is 1.72. The smallest absolute Gasteiger partial charge is 0.242 e. The summed E-state index contributed by atoms with van der Waals surface area (Å²) in [5, 5.41) is 2.06. The zero-order chi connectivity index (χ0) is 22.2. The fourth-order valence-electron chi connectivity index (χ4n) is 4.71. The van der Waals surface area contributed by atoms with Gasteiger partial charge in [0, 0.05) is 42.8 Å². The lowest BCUT2D eigenvalue weighted by Gasteiger charge is -2.34. The summed E-state index contributed by atoms with van der Waals surface area (Å²) in [7, 11) is 0. The minimum absolute atomic E-state index is 0.0513. The predicted molar refractivity (Wildman–Crippen MR) is 125 cm³/mol. The molecular formula is C25H33N3O3S. The van der Waals surface area contributed by atoms with Crippen LogP contribution in [0.15, 0.2) is 42.0 Å². The first kappa shape index (κ1) is 22.9. The van der Waals surface area contributed by atoms with Crippen molar-refractivity contribution in [2.45, 2.75) is 70.1 Å². The highest BCUT2D eigenvalue weighted by Crippen LogP contribution is 2.25. The van der Waals surface area contributed by atoms with E-state index in [9.17, 15) is 9.59 Å². The van der Waals surface area contributed by atoms with Gasteiger partial charge in [0.05, 0.1) is 19.3 Å². The number of pyridine rings is 1. The van der Waals surface area contributed by atoms with E-state index < -0.39 is 0 Å². The molecule has 2 aliphatic rings. The van der Waals surface area contributed by atoms with Crippen LogP contribution in [0.3, 0.4) is 0 Å². The summed E-state index contributed by atoms with van der Waals surface area (Å²) < 4.78 is 6.24. The van der Waals surface area contributed by atoms with E-state index in [2.05, 4.69) is 16.4 Å². The van der Waals surface area contributed by atoms with Crippen molar-refractivity contribution in [2.75, 3.05) is 19.6 Å². The van der Waals surface area contributed by atoms with E-state index in [-0.39, 0.29) is 30.5 Å². The third-order valence-electron chi connectivity index (χ3n) is 6.44. The van der Waals surface area contributed by atoms with E-state index in [0.717, 1.165) is 31.2 Å². The van der Waals surface area contributed by atoms with Crippen LogP contribution < -0.4 is 0 Å². The second kappa shape index (κ2) is 11.6. The Morgan fingerprint density at radius 3 is 2.78 bits per heavy atom. The third kappa shape index (κ3) is 6.39. The molecule has 0 radical (unpaired) electrons. The number of hydrogen-bond acceptors (Lipinski definition) is 5. The Balaban J connectivity index is 1.40. The summed E-state index contributed by atoms with van der Waals surface area (Å²) in [6.07, 6.45) is 11.2. The van der Waals surface area contributed by atoms with Crippen molar-refractivity contribution < 1.29 is 14.3 Å². The number of nitrogens with zero attached hydrogens (tertiary/aromatic N) is 3. The van der Waals surface area contributed by atoms with Crippen LogP contribution in [0.2, 0.25) is 0 Å². The van der Waals surface area contributed by atoms with Crippen LogP contribution in [-0.4, -0.2) is 58.4 Å². The van der Waals surface area contributed by atoms with Crippen molar-refractivity contribution in [3.8, 4) is 0 Å². The Bertz CT molecular complexity index is 853. The number of aromatic nitrogens is 1. The number of hydrogen-bond donors (Lipinski definition) is 0. The minimum atomic E-state index is -0.190. The molecule has 1 aliphatic carbocycles.